The molecule has 1 aliphatic rings. The van der Waals surface area contributed by atoms with Gasteiger partial charge in [-0.15, -0.1) is 0 Å². The molecule has 4 nitrogen and oxygen atoms in total. The predicted molar refractivity (Wildman–Crippen MR) is 109 cm³/mol. The second-order valence-electron chi connectivity index (χ2n) is 8.47. The Labute approximate surface area is 162 Å². The summed E-state index contributed by atoms with van der Waals surface area (Å²) in [5, 5.41) is 3.11. The lowest BCUT2D eigenvalue weighted by atomic mass is 9.78. The second-order valence-corrected chi connectivity index (χ2v) is 8.47. The molecule has 1 amide bonds. The maximum Gasteiger partial charge on any atom is 0.253 e. The number of benzene rings is 1. The highest BCUT2D eigenvalue weighted by molar-refractivity contribution is 5.95. The van der Waals surface area contributed by atoms with Gasteiger partial charge in [0.1, 0.15) is 0 Å². The van der Waals surface area contributed by atoms with E-state index in [0.717, 1.165) is 36.4 Å². The van der Waals surface area contributed by atoms with Crippen LogP contribution in [0.1, 0.15) is 49.7 Å². The highest BCUT2D eigenvalue weighted by Gasteiger charge is 2.35. The van der Waals surface area contributed by atoms with Crippen LogP contribution >= 0.6 is 0 Å². The number of rotatable bonds is 4. The lowest BCUT2D eigenvalue weighted by Crippen LogP contribution is -2.45. The molecule has 0 radical (unpaired) electrons. The lowest BCUT2D eigenvalue weighted by molar-refractivity contribution is -0.0839. The molecule has 2 aromatic rings. The van der Waals surface area contributed by atoms with Gasteiger partial charge in [-0.1, -0.05) is 51.1 Å². The van der Waals surface area contributed by atoms with Crippen molar-refractivity contribution < 1.29 is 9.53 Å². The van der Waals surface area contributed by atoms with Crippen molar-refractivity contribution in [1.29, 1.82) is 0 Å². The molecule has 3 rings (SSSR count). The van der Waals surface area contributed by atoms with E-state index in [9.17, 15) is 4.79 Å². The van der Waals surface area contributed by atoms with Crippen molar-refractivity contribution in [3.05, 3.63) is 53.7 Å². The Morgan fingerprint density at radius 1 is 1.19 bits per heavy atom. The molecule has 1 aromatic carbocycles. The summed E-state index contributed by atoms with van der Waals surface area (Å²) in [5.41, 5.74) is 3.41. The highest BCUT2D eigenvalue weighted by Crippen LogP contribution is 2.33. The Morgan fingerprint density at radius 3 is 2.59 bits per heavy atom. The number of nitrogens with one attached hydrogen (secondary N) is 1. The number of amides is 1. The van der Waals surface area contributed by atoms with E-state index in [-0.39, 0.29) is 17.4 Å². The summed E-state index contributed by atoms with van der Waals surface area (Å²) in [5.74, 6) is 0.289. The van der Waals surface area contributed by atoms with Gasteiger partial charge in [0, 0.05) is 24.6 Å². The number of aromatic nitrogens is 1. The molecule has 0 aliphatic carbocycles. The first-order valence-corrected chi connectivity index (χ1v) is 9.79. The second kappa shape index (κ2) is 8.22. The van der Waals surface area contributed by atoms with Gasteiger partial charge in [0.25, 0.3) is 5.91 Å². The summed E-state index contributed by atoms with van der Waals surface area (Å²) in [6, 6.07) is 13.8. The zero-order chi connectivity index (χ0) is 19.4. The molecule has 2 heterocycles. The molecule has 4 heteroatoms. The molecule has 1 saturated heterocycles. The number of nitrogens with zero attached hydrogens (tertiary/aromatic N) is 1. The molecule has 0 bridgehead atoms. The van der Waals surface area contributed by atoms with Crippen LogP contribution < -0.4 is 5.32 Å². The molecule has 2 atom stereocenters. The van der Waals surface area contributed by atoms with E-state index >= 15 is 0 Å². The van der Waals surface area contributed by atoms with Crippen LogP contribution in [0.5, 0.6) is 0 Å². The normalized spacial score (nSPS) is 20.3. The Kier molecular flexibility index (Phi) is 5.95. The van der Waals surface area contributed by atoms with Crippen LogP contribution in [0.2, 0.25) is 0 Å². The van der Waals surface area contributed by atoms with Crippen molar-refractivity contribution >= 4 is 5.91 Å². The van der Waals surface area contributed by atoms with Gasteiger partial charge in [0.2, 0.25) is 0 Å². The van der Waals surface area contributed by atoms with E-state index in [4.69, 9.17) is 4.74 Å². The number of carbonyl (C=O) groups is 1. The van der Waals surface area contributed by atoms with E-state index in [1.807, 2.05) is 49.4 Å². The number of carbonyl (C=O) groups excluding carboxylic acids is 1. The van der Waals surface area contributed by atoms with Gasteiger partial charge in [-0.25, -0.2) is 0 Å². The minimum Gasteiger partial charge on any atom is -0.377 e. The third-order valence-corrected chi connectivity index (χ3v) is 5.22. The summed E-state index contributed by atoms with van der Waals surface area (Å²) < 4.78 is 6.02. The standard InChI is InChI=1S/C23H30N2O2/c1-16-19(12-13-20(25-16)17-9-6-5-7-10-17)22(26)24-15-18-11-8-14-27-21(18)23(2,3)4/h5-7,9-10,12-13,18,21H,8,11,14-15H2,1-4H3,(H,24,26). The summed E-state index contributed by atoms with van der Waals surface area (Å²) in [6.45, 7) is 9.95. The summed E-state index contributed by atoms with van der Waals surface area (Å²) in [7, 11) is 0. The van der Waals surface area contributed by atoms with Crippen molar-refractivity contribution in [2.45, 2.75) is 46.6 Å². The zero-order valence-electron chi connectivity index (χ0n) is 16.8. The van der Waals surface area contributed by atoms with E-state index in [1.165, 1.54) is 0 Å². The van der Waals surface area contributed by atoms with Gasteiger partial charge in [0.05, 0.1) is 23.1 Å². The third kappa shape index (κ3) is 4.75. The molecule has 1 aliphatic heterocycles. The van der Waals surface area contributed by atoms with Gasteiger partial charge < -0.3 is 10.1 Å². The average molecular weight is 367 g/mol. The van der Waals surface area contributed by atoms with Crippen LogP contribution in [0.3, 0.4) is 0 Å². The van der Waals surface area contributed by atoms with Crippen molar-refractivity contribution in [3.8, 4) is 11.3 Å². The number of ether oxygens (including phenoxy) is 1. The molecule has 27 heavy (non-hydrogen) atoms. The van der Waals surface area contributed by atoms with Crippen LogP contribution in [0.25, 0.3) is 11.3 Å². The quantitative estimate of drug-likeness (QED) is 0.858. The fourth-order valence-corrected chi connectivity index (χ4v) is 3.90. The molecule has 1 aromatic heterocycles. The Hall–Kier alpha value is -2.20. The van der Waals surface area contributed by atoms with Crippen LogP contribution in [0, 0.1) is 18.3 Å². The van der Waals surface area contributed by atoms with Crippen LogP contribution in [-0.2, 0) is 4.74 Å². The fourth-order valence-electron chi connectivity index (χ4n) is 3.90. The number of hydrogen-bond acceptors (Lipinski definition) is 3. The number of aryl methyl sites for hydroxylation is 1. The smallest absolute Gasteiger partial charge is 0.253 e. The molecule has 0 spiro atoms. The minimum absolute atomic E-state index is 0.0576. The van der Waals surface area contributed by atoms with Crippen molar-refractivity contribution in [2.24, 2.45) is 11.3 Å². The van der Waals surface area contributed by atoms with Crippen molar-refractivity contribution in [2.75, 3.05) is 13.2 Å². The predicted octanol–water partition coefficient (Wildman–Crippen LogP) is 4.63. The maximum absolute atomic E-state index is 12.7. The largest absolute Gasteiger partial charge is 0.377 e. The van der Waals surface area contributed by atoms with E-state index in [0.29, 0.717) is 18.0 Å². The molecular weight excluding hydrogens is 336 g/mol. The van der Waals surface area contributed by atoms with Crippen LogP contribution in [0.4, 0.5) is 0 Å². The molecule has 1 N–H and O–H groups in total. The van der Waals surface area contributed by atoms with Crippen molar-refractivity contribution in [3.63, 3.8) is 0 Å². The number of pyridine rings is 1. The highest BCUT2D eigenvalue weighted by atomic mass is 16.5. The zero-order valence-corrected chi connectivity index (χ0v) is 16.8. The van der Waals surface area contributed by atoms with E-state index in [1.54, 1.807) is 0 Å². The molecular formula is C23H30N2O2. The van der Waals surface area contributed by atoms with Gasteiger partial charge in [0.15, 0.2) is 0 Å². The Bertz CT molecular complexity index is 781. The average Bonchev–Trinajstić information content (AvgIpc) is 2.66. The fraction of sp³-hybridized carbons (Fsp3) is 0.478. The Morgan fingerprint density at radius 2 is 1.93 bits per heavy atom. The van der Waals surface area contributed by atoms with Gasteiger partial charge in [-0.05, 0) is 37.3 Å². The third-order valence-electron chi connectivity index (χ3n) is 5.22. The lowest BCUT2D eigenvalue weighted by Gasteiger charge is -2.40. The minimum atomic E-state index is -0.0576. The van der Waals surface area contributed by atoms with E-state index in [2.05, 4.69) is 31.1 Å². The summed E-state index contributed by atoms with van der Waals surface area (Å²) in [4.78, 5) is 17.3. The molecule has 0 saturated carbocycles. The van der Waals surface area contributed by atoms with Gasteiger partial charge in [-0.2, -0.15) is 0 Å². The van der Waals surface area contributed by atoms with Crippen LogP contribution in [0.15, 0.2) is 42.5 Å². The SMILES string of the molecule is Cc1nc(-c2ccccc2)ccc1C(=O)NCC1CCCOC1C(C)(C)C. The topological polar surface area (TPSA) is 51.2 Å². The molecule has 144 valence electrons. The first kappa shape index (κ1) is 19.6. The van der Waals surface area contributed by atoms with Crippen LogP contribution in [-0.4, -0.2) is 30.1 Å². The maximum atomic E-state index is 12.7. The first-order chi connectivity index (χ1) is 12.9. The van der Waals surface area contributed by atoms with Gasteiger partial charge >= 0.3 is 0 Å². The van der Waals surface area contributed by atoms with E-state index < -0.39 is 0 Å². The van der Waals surface area contributed by atoms with Gasteiger partial charge in [-0.3, -0.25) is 9.78 Å². The Balaban J connectivity index is 1.67. The summed E-state index contributed by atoms with van der Waals surface area (Å²) in [6.07, 6.45) is 2.32. The molecule has 1 fully saturated rings. The summed E-state index contributed by atoms with van der Waals surface area (Å²) >= 11 is 0. The number of hydrogen-bond donors (Lipinski definition) is 1. The first-order valence-electron chi connectivity index (χ1n) is 9.79. The van der Waals surface area contributed by atoms with Crippen molar-refractivity contribution in [1.82, 2.24) is 10.3 Å². The monoisotopic (exact) mass is 366 g/mol. The molecule has 2 unspecified atom stereocenters.